The third-order valence-electron chi connectivity index (χ3n) is 11.8. The third kappa shape index (κ3) is 12.1. The zero-order valence-electron chi connectivity index (χ0n) is 38.2. The van der Waals surface area contributed by atoms with Gasteiger partial charge in [0, 0.05) is 18.6 Å². The molecule has 0 aliphatic heterocycles. The van der Waals surface area contributed by atoms with Crippen LogP contribution in [0.4, 0.5) is 0 Å². The monoisotopic (exact) mass is 1060 g/mol. The molecule has 68 heavy (non-hydrogen) atoms. The Balaban J connectivity index is 0.000000200. The van der Waals surface area contributed by atoms with E-state index in [-0.39, 0.29) is 20.1 Å². The zero-order chi connectivity index (χ0) is 45.6. The molecule has 0 fully saturated rings. The van der Waals surface area contributed by atoms with Crippen LogP contribution >= 0.6 is 0 Å². The Morgan fingerprint density at radius 2 is 0.926 bits per heavy atom. The van der Waals surface area contributed by atoms with Gasteiger partial charge >= 0.3 is 20.1 Å². The molecule has 0 aliphatic carbocycles. The first-order valence-corrected chi connectivity index (χ1v) is 22.8. The van der Waals surface area contributed by atoms with Crippen molar-refractivity contribution in [3.8, 4) is 67.5 Å². The van der Waals surface area contributed by atoms with E-state index >= 15 is 0 Å². The van der Waals surface area contributed by atoms with Gasteiger partial charge in [0.25, 0.3) is 0 Å². The summed E-state index contributed by atoms with van der Waals surface area (Å²) in [4.78, 5) is 13.5. The number of ether oxygens (including phenoxy) is 1. The van der Waals surface area contributed by atoms with Gasteiger partial charge in [-0.15, -0.1) is 107 Å². The minimum absolute atomic E-state index is 0. The van der Waals surface area contributed by atoms with E-state index in [9.17, 15) is 0 Å². The van der Waals surface area contributed by atoms with Crippen molar-refractivity contribution in [2.45, 2.75) is 39.5 Å². The molecule has 0 N–H and O–H groups in total. The Morgan fingerprint density at radius 1 is 0.382 bits per heavy atom. The van der Waals surface area contributed by atoms with Crippen molar-refractivity contribution in [1.82, 2.24) is 15.0 Å². The first-order valence-electron chi connectivity index (χ1n) is 22.8. The zero-order valence-corrected chi connectivity index (χ0v) is 40.6. The van der Waals surface area contributed by atoms with E-state index in [0.717, 1.165) is 71.0 Å². The molecule has 3 aromatic heterocycles. The van der Waals surface area contributed by atoms with Crippen LogP contribution < -0.4 is 4.74 Å². The molecule has 0 bridgehead atoms. The fraction of sp³-hybridized carbons (Fsp3) is 0.0952. The second-order valence-corrected chi connectivity index (χ2v) is 16.5. The summed E-state index contributed by atoms with van der Waals surface area (Å²) < 4.78 is 6.57. The van der Waals surface area contributed by atoms with Gasteiger partial charge in [-0.1, -0.05) is 109 Å². The minimum Gasteiger partial charge on any atom is -0.457 e. The van der Waals surface area contributed by atoms with E-state index in [4.69, 9.17) is 4.74 Å². The molecule has 0 atom stereocenters. The van der Waals surface area contributed by atoms with E-state index in [2.05, 4.69) is 162 Å². The molecule has 0 spiro atoms. The van der Waals surface area contributed by atoms with Gasteiger partial charge in [0.2, 0.25) is 0 Å². The van der Waals surface area contributed by atoms with Crippen molar-refractivity contribution in [2.24, 2.45) is 0 Å². The topological polar surface area (TPSA) is 47.9 Å². The number of aromatic nitrogens is 3. The van der Waals surface area contributed by atoms with Crippen LogP contribution in [-0.4, -0.2) is 15.0 Å². The summed E-state index contributed by atoms with van der Waals surface area (Å²) in [5.41, 5.74) is 18.3. The number of nitrogens with zero attached hydrogens (tertiary/aromatic N) is 3. The number of hydrogen-bond donors (Lipinski definition) is 0. The molecule has 4 nitrogen and oxygen atoms in total. The first kappa shape index (κ1) is 47.0. The molecule has 7 aromatic carbocycles. The maximum absolute atomic E-state index is 6.57. The van der Waals surface area contributed by atoms with Crippen LogP contribution in [0.1, 0.15) is 33.4 Å². The second kappa shape index (κ2) is 23.3. The van der Waals surface area contributed by atoms with E-state index in [1.54, 1.807) is 0 Å². The van der Waals surface area contributed by atoms with E-state index in [0.29, 0.717) is 0 Å². The molecule has 0 radical (unpaired) electrons. The Morgan fingerprint density at radius 3 is 1.54 bits per heavy atom. The fourth-order valence-corrected chi connectivity index (χ4v) is 8.47. The summed E-state index contributed by atoms with van der Waals surface area (Å²) >= 11 is 0. The first-order chi connectivity index (χ1) is 33.0. The van der Waals surface area contributed by atoms with Crippen LogP contribution in [-0.2, 0) is 45.8 Å². The van der Waals surface area contributed by atoms with Crippen LogP contribution in [0.2, 0.25) is 0 Å². The predicted molar refractivity (Wildman–Crippen MR) is 274 cm³/mol. The Labute approximate surface area is 414 Å². The smallest absolute Gasteiger partial charge is 0.457 e. The molecule has 0 aliphatic rings. The number of benzene rings is 7. The largest absolute Gasteiger partial charge is 3.00 e. The van der Waals surface area contributed by atoms with Crippen molar-refractivity contribution in [3.05, 3.63) is 270 Å². The number of hydrogen-bond acceptors (Lipinski definition) is 4. The molecule has 0 saturated carbocycles. The van der Waals surface area contributed by atoms with Crippen LogP contribution in [0.5, 0.6) is 11.5 Å². The number of pyridine rings is 3. The van der Waals surface area contributed by atoms with Gasteiger partial charge in [0.05, 0.1) is 0 Å². The van der Waals surface area contributed by atoms with Crippen molar-refractivity contribution in [3.63, 3.8) is 0 Å². The molecule has 5 heteroatoms. The standard InChI is InChI=1S/C38H30N2O.C25H20N.Ir/c1-2-12-31(13-3-1)36-28-30(24-26-40-36)21-23-33-15-5-7-19-38(33)41-37-18-6-4-14-32(37)22-20-29-11-10-16-34(27-29)35-17-8-9-25-39-35;1-18-15-23(20-9-5-3-6-10-20)16-19(2)25(18)22-13-14-26-24(17-22)21-11-7-4-8-12-21;/h1-12,14-15,17-19,24-28H,20-23H2;3-11,13-17H,1-2H3;/q-2;-1;+3. The quantitative estimate of drug-likeness (QED) is 0.108. The summed E-state index contributed by atoms with van der Waals surface area (Å²) in [6.45, 7) is 4.37. The molecule has 0 unspecified atom stereocenters. The summed E-state index contributed by atoms with van der Waals surface area (Å²) in [5, 5.41) is 0. The van der Waals surface area contributed by atoms with Gasteiger partial charge < -0.3 is 19.7 Å². The van der Waals surface area contributed by atoms with E-state index in [1.807, 2.05) is 104 Å². The van der Waals surface area contributed by atoms with Crippen molar-refractivity contribution in [1.29, 1.82) is 0 Å². The molecular weight excluding hydrogens is 1010 g/mol. The summed E-state index contributed by atoms with van der Waals surface area (Å²) in [6.07, 6.45) is 9.13. The van der Waals surface area contributed by atoms with Crippen molar-refractivity contribution < 1.29 is 24.8 Å². The second-order valence-electron chi connectivity index (χ2n) is 16.5. The summed E-state index contributed by atoms with van der Waals surface area (Å²) in [7, 11) is 0. The maximum Gasteiger partial charge on any atom is 3.00 e. The normalized spacial score (nSPS) is 10.6. The average Bonchev–Trinajstić information content (AvgIpc) is 3.39. The summed E-state index contributed by atoms with van der Waals surface area (Å²) in [5.74, 6) is 1.80. The number of aryl methyl sites for hydroxylation is 6. The Bertz CT molecular complexity index is 3030. The van der Waals surface area contributed by atoms with Gasteiger partial charge in [-0.25, -0.2) is 0 Å². The summed E-state index contributed by atoms with van der Waals surface area (Å²) in [6, 6.07) is 78.3. The van der Waals surface area contributed by atoms with Crippen LogP contribution in [0.25, 0.3) is 56.0 Å². The van der Waals surface area contributed by atoms with Crippen LogP contribution in [0.15, 0.2) is 219 Å². The SMILES string of the molecule is Cc1cc(-c2ccccc2)cc(C)c1-c1ccnc(-c2[c-]cccc2)c1.[Ir+3].[c-]1ccccc1-c1cc(CCc2ccccc2Oc2ccccc2CCc2cc[c-]c(-c3ccccn3)c2)ccn1. The van der Waals surface area contributed by atoms with Gasteiger partial charge in [-0.3, -0.25) is 0 Å². The van der Waals surface area contributed by atoms with Crippen molar-refractivity contribution in [2.75, 3.05) is 0 Å². The third-order valence-corrected chi connectivity index (χ3v) is 11.8. The molecule has 10 rings (SSSR count). The molecule has 3 heterocycles. The number of rotatable bonds is 13. The number of para-hydroxylation sites is 2. The molecular formula is C63H50IrN3O. The van der Waals surface area contributed by atoms with Gasteiger partial charge in [0.15, 0.2) is 0 Å². The average molecular weight is 1060 g/mol. The van der Waals surface area contributed by atoms with Gasteiger partial charge in [-0.05, 0) is 131 Å². The van der Waals surface area contributed by atoms with Gasteiger partial charge in [-0.2, -0.15) is 0 Å². The predicted octanol–water partition coefficient (Wildman–Crippen LogP) is 15.3. The minimum atomic E-state index is 0. The Hall–Kier alpha value is -7.56. The van der Waals surface area contributed by atoms with Crippen LogP contribution in [0.3, 0.4) is 0 Å². The molecule has 0 saturated heterocycles. The van der Waals surface area contributed by atoms with E-state index in [1.165, 1.54) is 55.6 Å². The molecule has 332 valence electrons. The maximum atomic E-state index is 6.57. The van der Waals surface area contributed by atoms with Crippen molar-refractivity contribution >= 4 is 0 Å². The van der Waals surface area contributed by atoms with E-state index < -0.39 is 0 Å². The Kier molecular flexibility index (Phi) is 16.1. The molecule has 0 amide bonds. The van der Waals surface area contributed by atoms with Crippen LogP contribution in [0, 0.1) is 32.0 Å². The van der Waals surface area contributed by atoms with Gasteiger partial charge in [0.1, 0.15) is 11.5 Å². The molecule has 10 aromatic rings. The fourth-order valence-electron chi connectivity index (χ4n) is 8.47.